The topological polar surface area (TPSA) is 38.3 Å². The number of benzene rings is 1. The Hall–Kier alpha value is -1.81. The van der Waals surface area contributed by atoms with Crippen molar-refractivity contribution in [3.63, 3.8) is 0 Å². The average Bonchev–Trinajstić information content (AvgIpc) is 3.06. The number of hydrogen-bond acceptors (Lipinski definition) is 3. The second-order valence-corrected chi connectivity index (χ2v) is 5.64. The summed E-state index contributed by atoms with van der Waals surface area (Å²) >= 11 is 1.41. The summed E-state index contributed by atoms with van der Waals surface area (Å²) in [5.41, 5.74) is 1.01. The third-order valence-corrected chi connectivity index (χ3v) is 4.38. The van der Waals surface area contributed by atoms with Gasteiger partial charge in [0.25, 0.3) is 5.91 Å². The number of hydrogen-bond donors (Lipinski definition) is 1. The van der Waals surface area contributed by atoms with Crippen molar-refractivity contribution in [1.29, 1.82) is 0 Å². The lowest BCUT2D eigenvalue weighted by Crippen LogP contribution is -2.34. The Morgan fingerprint density at radius 1 is 1.26 bits per heavy atom. The normalized spacial score (nSPS) is 15.8. The largest absolute Gasteiger partial charge is 0.495 e. The Morgan fingerprint density at radius 3 is 2.63 bits per heavy atom. The van der Waals surface area contributed by atoms with Crippen molar-refractivity contribution in [2.45, 2.75) is 18.4 Å². The van der Waals surface area contributed by atoms with Crippen LogP contribution in [0.25, 0.3) is 0 Å². The van der Waals surface area contributed by atoms with E-state index in [2.05, 4.69) is 17.4 Å². The smallest absolute Gasteiger partial charge is 0.265 e. The second kappa shape index (κ2) is 4.70. The molecule has 19 heavy (non-hydrogen) atoms. The fourth-order valence-electron chi connectivity index (χ4n) is 2.27. The van der Waals surface area contributed by atoms with Gasteiger partial charge in [0.2, 0.25) is 0 Å². The fraction of sp³-hybridized carbons (Fsp3) is 0.267. The Morgan fingerprint density at radius 2 is 2.00 bits per heavy atom. The summed E-state index contributed by atoms with van der Waals surface area (Å²) in [6, 6.07) is 12.0. The summed E-state index contributed by atoms with van der Waals surface area (Å²) in [6.45, 7) is 0. The molecule has 4 heteroatoms. The van der Waals surface area contributed by atoms with E-state index in [0.717, 1.165) is 12.8 Å². The predicted octanol–water partition coefficient (Wildman–Crippen LogP) is 3.18. The van der Waals surface area contributed by atoms with Gasteiger partial charge in [0.1, 0.15) is 10.6 Å². The van der Waals surface area contributed by atoms with Crippen LogP contribution in [0.4, 0.5) is 0 Å². The molecule has 1 fully saturated rings. The molecule has 1 aliphatic carbocycles. The monoisotopic (exact) mass is 273 g/mol. The number of ether oxygens (including phenoxy) is 1. The minimum absolute atomic E-state index is 0.0480. The first-order chi connectivity index (χ1) is 9.25. The summed E-state index contributed by atoms with van der Waals surface area (Å²) in [7, 11) is 1.59. The lowest BCUT2D eigenvalue weighted by Gasteiger charge is -2.17. The minimum Gasteiger partial charge on any atom is -0.495 e. The number of amides is 1. The van der Waals surface area contributed by atoms with Gasteiger partial charge in [-0.25, -0.2) is 0 Å². The van der Waals surface area contributed by atoms with Crippen molar-refractivity contribution >= 4 is 17.2 Å². The van der Waals surface area contributed by atoms with Crippen molar-refractivity contribution in [2.24, 2.45) is 0 Å². The van der Waals surface area contributed by atoms with Gasteiger partial charge in [-0.3, -0.25) is 4.79 Å². The molecule has 1 aromatic heterocycles. The molecule has 3 nitrogen and oxygen atoms in total. The lowest BCUT2D eigenvalue weighted by molar-refractivity contribution is 0.0932. The number of carbonyl (C=O) groups excluding carboxylic acids is 1. The van der Waals surface area contributed by atoms with Crippen LogP contribution in [0.5, 0.6) is 5.75 Å². The van der Waals surface area contributed by atoms with Crippen molar-refractivity contribution in [1.82, 2.24) is 5.32 Å². The van der Waals surface area contributed by atoms with Gasteiger partial charge >= 0.3 is 0 Å². The van der Waals surface area contributed by atoms with E-state index >= 15 is 0 Å². The SMILES string of the molecule is COc1ccsc1C(=O)NC1(c2ccccc2)CC1. The van der Waals surface area contributed by atoms with Gasteiger partial charge in [-0.1, -0.05) is 30.3 Å². The highest BCUT2D eigenvalue weighted by atomic mass is 32.1. The molecule has 1 saturated carbocycles. The molecular weight excluding hydrogens is 258 g/mol. The highest BCUT2D eigenvalue weighted by molar-refractivity contribution is 7.12. The summed E-state index contributed by atoms with van der Waals surface area (Å²) in [4.78, 5) is 13.0. The van der Waals surface area contributed by atoms with E-state index in [-0.39, 0.29) is 11.4 Å². The van der Waals surface area contributed by atoms with Crippen LogP contribution in [0.15, 0.2) is 41.8 Å². The van der Waals surface area contributed by atoms with E-state index in [1.807, 2.05) is 29.6 Å². The number of thiophene rings is 1. The maximum atomic E-state index is 12.3. The van der Waals surface area contributed by atoms with Gasteiger partial charge in [-0.15, -0.1) is 11.3 Å². The molecule has 1 N–H and O–H groups in total. The first kappa shape index (κ1) is 12.2. The number of carbonyl (C=O) groups is 1. The van der Waals surface area contributed by atoms with Crippen molar-refractivity contribution < 1.29 is 9.53 Å². The zero-order chi connectivity index (χ0) is 13.3. The van der Waals surface area contributed by atoms with Crippen molar-refractivity contribution in [3.05, 3.63) is 52.2 Å². The molecular formula is C15H15NO2S. The van der Waals surface area contributed by atoms with Crippen LogP contribution in [0.3, 0.4) is 0 Å². The Bertz CT molecular complexity index is 587. The van der Waals surface area contributed by atoms with Gasteiger partial charge in [0.05, 0.1) is 12.6 Å². The van der Waals surface area contributed by atoms with E-state index in [4.69, 9.17) is 4.74 Å². The number of methoxy groups -OCH3 is 1. The average molecular weight is 273 g/mol. The van der Waals surface area contributed by atoms with Crippen LogP contribution >= 0.6 is 11.3 Å². The molecule has 0 aliphatic heterocycles. The van der Waals surface area contributed by atoms with Crippen LogP contribution in [-0.2, 0) is 5.54 Å². The first-order valence-corrected chi connectivity index (χ1v) is 7.13. The molecule has 1 aromatic carbocycles. The highest BCUT2D eigenvalue weighted by Gasteiger charge is 2.45. The van der Waals surface area contributed by atoms with Gasteiger partial charge in [0, 0.05) is 0 Å². The molecule has 98 valence electrons. The third kappa shape index (κ3) is 2.24. The molecule has 0 saturated heterocycles. The third-order valence-electron chi connectivity index (χ3n) is 3.48. The molecule has 0 atom stereocenters. The Labute approximate surface area is 116 Å². The zero-order valence-corrected chi connectivity index (χ0v) is 11.5. The maximum Gasteiger partial charge on any atom is 0.265 e. The summed E-state index contributed by atoms with van der Waals surface area (Å²) < 4.78 is 5.20. The molecule has 1 aliphatic rings. The van der Waals surface area contributed by atoms with Crippen LogP contribution in [-0.4, -0.2) is 13.0 Å². The quantitative estimate of drug-likeness (QED) is 0.929. The Balaban J connectivity index is 1.81. The molecule has 1 heterocycles. The van der Waals surface area contributed by atoms with E-state index in [9.17, 15) is 4.79 Å². The fourth-order valence-corrected chi connectivity index (χ4v) is 3.02. The van der Waals surface area contributed by atoms with E-state index < -0.39 is 0 Å². The maximum absolute atomic E-state index is 12.3. The summed E-state index contributed by atoms with van der Waals surface area (Å²) in [6.07, 6.45) is 1.99. The van der Waals surface area contributed by atoms with Crippen LogP contribution in [0, 0.1) is 0 Å². The van der Waals surface area contributed by atoms with Crippen LogP contribution in [0.1, 0.15) is 28.1 Å². The molecule has 0 bridgehead atoms. The van der Waals surface area contributed by atoms with Crippen molar-refractivity contribution in [2.75, 3.05) is 7.11 Å². The van der Waals surface area contributed by atoms with Gasteiger partial charge in [0.15, 0.2) is 0 Å². The molecule has 1 amide bonds. The molecule has 0 spiro atoms. The number of rotatable bonds is 4. The second-order valence-electron chi connectivity index (χ2n) is 4.72. The van der Waals surface area contributed by atoms with Crippen molar-refractivity contribution in [3.8, 4) is 5.75 Å². The zero-order valence-electron chi connectivity index (χ0n) is 10.7. The van der Waals surface area contributed by atoms with Crippen LogP contribution < -0.4 is 10.1 Å². The molecule has 3 rings (SSSR count). The summed E-state index contributed by atoms with van der Waals surface area (Å²) in [5, 5.41) is 5.02. The standard InChI is InChI=1S/C15H15NO2S/c1-18-12-7-10-19-13(12)14(17)16-15(8-9-15)11-5-3-2-4-6-11/h2-7,10H,8-9H2,1H3,(H,16,17). The van der Waals surface area contributed by atoms with Gasteiger partial charge in [-0.2, -0.15) is 0 Å². The summed E-state index contributed by atoms with van der Waals surface area (Å²) in [5.74, 6) is 0.597. The van der Waals surface area contributed by atoms with E-state index in [1.165, 1.54) is 16.9 Å². The van der Waals surface area contributed by atoms with Gasteiger partial charge in [-0.05, 0) is 29.9 Å². The molecule has 0 unspecified atom stereocenters. The lowest BCUT2D eigenvalue weighted by atomic mass is 10.1. The predicted molar refractivity (Wildman–Crippen MR) is 75.7 cm³/mol. The van der Waals surface area contributed by atoms with Gasteiger partial charge < -0.3 is 10.1 Å². The minimum atomic E-state index is -0.173. The molecule has 2 aromatic rings. The molecule has 0 radical (unpaired) electrons. The van der Waals surface area contributed by atoms with E-state index in [0.29, 0.717) is 10.6 Å². The van der Waals surface area contributed by atoms with E-state index in [1.54, 1.807) is 7.11 Å². The first-order valence-electron chi connectivity index (χ1n) is 6.25. The number of nitrogens with one attached hydrogen (secondary N) is 1. The highest BCUT2D eigenvalue weighted by Crippen LogP contribution is 2.45. The van der Waals surface area contributed by atoms with Crippen LogP contribution in [0.2, 0.25) is 0 Å². The Kier molecular flexibility index (Phi) is 3.03.